The Morgan fingerprint density at radius 3 is 2.48 bits per heavy atom. The van der Waals surface area contributed by atoms with Crippen LogP contribution in [0.5, 0.6) is 17.2 Å². The van der Waals surface area contributed by atoms with Gasteiger partial charge in [-0.15, -0.1) is 13.2 Å². The highest BCUT2D eigenvalue weighted by molar-refractivity contribution is 5.93. The first-order valence-corrected chi connectivity index (χ1v) is 7.20. The Bertz CT molecular complexity index is 747. The Balaban J connectivity index is 2.02. The summed E-state index contributed by atoms with van der Waals surface area (Å²) in [4.78, 5) is 12.0. The minimum atomic E-state index is -4.85. The summed E-state index contributed by atoms with van der Waals surface area (Å²) in [6.07, 6.45) is -4.85. The van der Waals surface area contributed by atoms with Gasteiger partial charge in [-0.1, -0.05) is 18.2 Å². The smallest absolute Gasteiger partial charge is 0.493 e. The van der Waals surface area contributed by atoms with E-state index in [1.807, 2.05) is 6.92 Å². The third-order valence-electron chi connectivity index (χ3n) is 3.06. The van der Waals surface area contributed by atoms with Gasteiger partial charge in [0.1, 0.15) is 0 Å². The highest BCUT2D eigenvalue weighted by atomic mass is 19.4. The minimum Gasteiger partial charge on any atom is -0.493 e. The van der Waals surface area contributed by atoms with E-state index >= 15 is 0 Å². The zero-order chi connectivity index (χ0) is 18.4. The number of ether oxygens (including phenoxy) is 3. The van der Waals surface area contributed by atoms with E-state index in [1.54, 1.807) is 18.2 Å². The molecule has 2 rings (SSSR count). The van der Waals surface area contributed by atoms with E-state index in [-0.39, 0.29) is 5.69 Å². The fourth-order valence-corrected chi connectivity index (χ4v) is 2.01. The number of hydrogen-bond acceptors (Lipinski definition) is 4. The van der Waals surface area contributed by atoms with E-state index in [9.17, 15) is 18.0 Å². The van der Waals surface area contributed by atoms with Gasteiger partial charge in [-0.2, -0.15) is 0 Å². The number of benzene rings is 2. The van der Waals surface area contributed by atoms with Gasteiger partial charge in [0.15, 0.2) is 23.9 Å². The highest BCUT2D eigenvalue weighted by Crippen LogP contribution is 2.30. The molecule has 8 heteroatoms. The summed E-state index contributed by atoms with van der Waals surface area (Å²) in [6, 6.07) is 10.4. The van der Waals surface area contributed by atoms with Crippen molar-refractivity contribution in [1.82, 2.24) is 0 Å². The molecule has 0 atom stereocenters. The number of methoxy groups -OCH3 is 1. The zero-order valence-electron chi connectivity index (χ0n) is 13.5. The van der Waals surface area contributed by atoms with Crippen LogP contribution in [-0.4, -0.2) is 26.0 Å². The number of anilines is 1. The quantitative estimate of drug-likeness (QED) is 0.853. The monoisotopic (exact) mass is 355 g/mol. The second-order valence-corrected chi connectivity index (χ2v) is 5.04. The van der Waals surface area contributed by atoms with E-state index in [0.29, 0.717) is 11.5 Å². The van der Waals surface area contributed by atoms with E-state index in [2.05, 4.69) is 10.1 Å². The van der Waals surface area contributed by atoms with Gasteiger partial charge in [-0.05, 0) is 36.8 Å². The SMILES string of the molecule is COc1cc(C)ccc1OCC(=O)Nc1ccccc1OC(F)(F)F. The molecule has 0 spiro atoms. The molecule has 0 bridgehead atoms. The number of nitrogens with one attached hydrogen (secondary N) is 1. The Labute approximate surface area is 142 Å². The normalized spacial score (nSPS) is 10.9. The molecule has 0 fully saturated rings. The van der Waals surface area contributed by atoms with Crippen LogP contribution >= 0.6 is 0 Å². The van der Waals surface area contributed by atoms with E-state index in [0.717, 1.165) is 11.6 Å². The average Bonchev–Trinajstić information content (AvgIpc) is 2.54. The summed E-state index contributed by atoms with van der Waals surface area (Å²) in [5.74, 6) is -0.339. The molecule has 0 aliphatic carbocycles. The number of rotatable bonds is 6. The van der Waals surface area contributed by atoms with E-state index < -0.39 is 24.6 Å². The first kappa shape index (κ1) is 18.4. The third kappa shape index (κ3) is 5.59. The molecule has 1 amide bonds. The van der Waals surface area contributed by atoms with Gasteiger partial charge < -0.3 is 19.5 Å². The van der Waals surface area contributed by atoms with E-state index in [4.69, 9.17) is 9.47 Å². The van der Waals surface area contributed by atoms with Gasteiger partial charge in [-0.3, -0.25) is 4.79 Å². The Hall–Kier alpha value is -2.90. The van der Waals surface area contributed by atoms with Crippen molar-refractivity contribution in [3.05, 3.63) is 48.0 Å². The summed E-state index contributed by atoms with van der Waals surface area (Å²) < 4.78 is 51.5. The second kappa shape index (κ2) is 7.78. The van der Waals surface area contributed by atoms with Gasteiger partial charge in [0.2, 0.25) is 0 Å². The van der Waals surface area contributed by atoms with Crippen molar-refractivity contribution < 1.29 is 32.2 Å². The average molecular weight is 355 g/mol. The van der Waals surface area contributed by atoms with Crippen molar-refractivity contribution in [3.63, 3.8) is 0 Å². The van der Waals surface area contributed by atoms with Crippen LogP contribution in [-0.2, 0) is 4.79 Å². The zero-order valence-corrected chi connectivity index (χ0v) is 13.5. The highest BCUT2D eigenvalue weighted by Gasteiger charge is 2.32. The molecule has 0 aliphatic heterocycles. The lowest BCUT2D eigenvalue weighted by Crippen LogP contribution is -2.22. The maximum Gasteiger partial charge on any atom is 0.573 e. The molecule has 0 saturated carbocycles. The molecule has 0 saturated heterocycles. The molecule has 0 unspecified atom stereocenters. The minimum absolute atomic E-state index is 0.107. The predicted molar refractivity (Wildman–Crippen MR) is 85.0 cm³/mol. The molecule has 2 aromatic carbocycles. The maximum atomic E-state index is 12.4. The molecule has 0 radical (unpaired) electrons. The first-order chi connectivity index (χ1) is 11.8. The lowest BCUT2D eigenvalue weighted by molar-refractivity contribution is -0.274. The molecular formula is C17H16F3NO4. The first-order valence-electron chi connectivity index (χ1n) is 7.20. The molecule has 0 heterocycles. The molecule has 1 N–H and O–H groups in total. The van der Waals surface area contributed by atoms with Crippen LogP contribution in [0.1, 0.15) is 5.56 Å². The third-order valence-corrected chi connectivity index (χ3v) is 3.06. The van der Waals surface area contributed by atoms with Gasteiger partial charge in [0, 0.05) is 0 Å². The van der Waals surface area contributed by atoms with Crippen molar-refractivity contribution in [3.8, 4) is 17.2 Å². The number of halogens is 3. The van der Waals surface area contributed by atoms with Gasteiger partial charge in [0.25, 0.3) is 5.91 Å². The molecule has 0 aliphatic rings. The van der Waals surface area contributed by atoms with Crippen LogP contribution in [0, 0.1) is 6.92 Å². The van der Waals surface area contributed by atoms with Crippen molar-refractivity contribution in [2.75, 3.05) is 19.0 Å². The summed E-state index contributed by atoms with van der Waals surface area (Å²) in [6.45, 7) is 1.47. The van der Waals surface area contributed by atoms with Gasteiger partial charge >= 0.3 is 6.36 Å². The van der Waals surface area contributed by atoms with Crippen LogP contribution in [0.2, 0.25) is 0 Å². The number of hydrogen-bond donors (Lipinski definition) is 1. The van der Waals surface area contributed by atoms with Crippen molar-refractivity contribution in [1.29, 1.82) is 0 Å². The Kier molecular flexibility index (Phi) is 5.74. The van der Waals surface area contributed by atoms with Crippen LogP contribution in [0.15, 0.2) is 42.5 Å². The summed E-state index contributed by atoms with van der Waals surface area (Å²) >= 11 is 0. The Morgan fingerprint density at radius 1 is 1.08 bits per heavy atom. The number of aryl methyl sites for hydroxylation is 1. The number of carbonyl (C=O) groups excluding carboxylic acids is 1. The molecular weight excluding hydrogens is 339 g/mol. The Morgan fingerprint density at radius 2 is 1.80 bits per heavy atom. The van der Waals surface area contributed by atoms with Crippen LogP contribution in [0.3, 0.4) is 0 Å². The fourth-order valence-electron chi connectivity index (χ4n) is 2.01. The van der Waals surface area contributed by atoms with Gasteiger partial charge in [0.05, 0.1) is 12.8 Å². The van der Waals surface area contributed by atoms with E-state index in [1.165, 1.54) is 25.3 Å². The van der Waals surface area contributed by atoms with Crippen molar-refractivity contribution >= 4 is 11.6 Å². The standard InChI is InChI=1S/C17H16F3NO4/c1-11-7-8-14(15(9-11)23-2)24-10-16(22)21-12-5-3-4-6-13(12)25-17(18,19)20/h3-9H,10H2,1-2H3,(H,21,22). The predicted octanol–water partition coefficient (Wildman–Crippen LogP) is 3.92. The van der Waals surface area contributed by atoms with Crippen LogP contribution in [0.25, 0.3) is 0 Å². The summed E-state index contributed by atoms with van der Waals surface area (Å²) in [5, 5.41) is 2.32. The molecule has 0 aromatic heterocycles. The molecule has 25 heavy (non-hydrogen) atoms. The number of para-hydroxylation sites is 2. The number of carbonyl (C=O) groups is 1. The second-order valence-electron chi connectivity index (χ2n) is 5.04. The molecule has 2 aromatic rings. The maximum absolute atomic E-state index is 12.4. The molecule has 5 nitrogen and oxygen atoms in total. The topological polar surface area (TPSA) is 56.8 Å². The fraction of sp³-hybridized carbons (Fsp3) is 0.235. The van der Waals surface area contributed by atoms with Crippen LogP contribution in [0.4, 0.5) is 18.9 Å². The lowest BCUT2D eigenvalue weighted by Gasteiger charge is -2.14. The number of amides is 1. The van der Waals surface area contributed by atoms with Crippen LogP contribution < -0.4 is 19.5 Å². The summed E-state index contributed by atoms with van der Waals surface area (Å²) in [7, 11) is 1.46. The van der Waals surface area contributed by atoms with Gasteiger partial charge in [-0.25, -0.2) is 0 Å². The van der Waals surface area contributed by atoms with Crippen molar-refractivity contribution in [2.45, 2.75) is 13.3 Å². The van der Waals surface area contributed by atoms with Crippen molar-refractivity contribution in [2.24, 2.45) is 0 Å². The largest absolute Gasteiger partial charge is 0.573 e. The lowest BCUT2D eigenvalue weighted by atomic mass is 10.2. The number of alkyl halides is 3. The summed E-state index contributed by atoms with van der Waals surface area (Å²) in [5.41, 5.74) is 0.844. The molecule has 134 valence electrons.